The van der Waals surface area contributed by atoms with Gasteiger partial charge in [0.25, 0.3) is 0 Å². The molecule has 1 aliphatic rings. The van der Waals surface area contributed by atoms with Crippen molar-refractivity contribution in [1.82, 2.24) is 9.80 Å². The average molecular weight is 523 g/mol. The molecule has 0 spiro atoms. The van der Waals surface area contributed by atoms with Crippen LogP contribution < -0.4 is 9.47 Å². The number of benzene rings is 2. The number of nitrogens with zero attached hydrogens (tertiary/aromatic N) is 2. The summed E-state index contributed by atoms with van der Waals surface area (Å²) in [6.07, 6.45) is 2.19. The zero-order chi connectivity index (χ0) is 26.6. The van der Waals surface area contributed by atoms with Crippen molar-refractivity contribution in [2.75, 3.05) is 39.7 Å². The summed E-state index contributed by atoms with van der Waals surface area (Å²) >= 11 is 0. The van der Waals surface area contributed by atoms with Crippen LogP contribution in [-0.2, 0) is 38.8 Å². The van der Waals surface area contributed by atoms with E-state index in [-0.39, 0.29) is 38.3 Å². The molecule has 2 amide bonds. The molecule has 9 heteroatoms. The molecule has 0 atom stereocenters. The molecule has 9 nitrogen and oxygen atoms in total. The molecule has 0 unspecified atom stereocenters. The summed E-state index contributed by atoms with van der Waals surface area (Å²) in [6, 6.07) is 18.9. The smallest absolute Gasteiger partial charge is 0.249 e. The number of rotatable bonds is 15. The van der Waals surface area contributed by atoms with Crippen molar-refractivity contribution in [2.45, 2.75) is 33.0 Å². The molecule has 0 radical (unpaired) electrons. The first kappa shape index (κ1) is 27.2. The molecule has 4 rings (SSSR count). The summed E-state index contributed by atoms with van der Waals surface area (Å²) in [5, 5.41) is 0. The Labute approximate surface area is 222 Å². The third kappa shape index (κ3) is 8.09. The van der Waals surface area contributed by atoms with Gasteiger partial charge in [-0.25, -0.2) is 0 Å². The van der Waals surface area contributed by atoms with Gasteiger partial charge in [-0.15, -0.1) is 0 Å². The van der Waals surface area contributed by atoms with E-state index in [4.69, 9.17) is 23.4 Å². The van der Waals surface area contributed by atoms with E-state index in [0.29, 0.717) is 56.6 Å². The fourth-order valence-corrected chi connectivity index (χ4v) is 4.06. The lowest BCUT2D eigenvalue weighted by atomic mass is 10.2. The number of carbonyl (C=O) groups excluding carboxylic acids is 2. The van der Waals surface area contributed by atoms with Crippen LogP contribution in [-0.4, -0.2) is 61.3 Å². The Kier molecular flexibility index (Phi) is 10.2. The van der Waals surface area contributed by atoms with Crippen molar-refractivity contribution >= 4 is 11.8 Å². The first-order valence-corrected chi connectivity index (χ1v) is 12.8. The highest BCUT2D eigenvalue weighted by Gasteiger charge is 2.23. The fourth-order valence-electron chi connectivity index (χ4n) is 4.06. The Hall–Kier alpha value is -3.82. The molecule has 202 valence electrons. The molecular weight excluding hydrogens is 488 g/mol. The highest BCUT2D eigenvalue weighted by molar-refractivity contribution is 5.85. The molecule has 0 N–H and O–H groups in total. The summed E-state index contributed by atoms with van der Waals surface area (Å²) < 4.78 is 27.5. The van der Waals surface area contributed by atoms with E-state index in [2.05, 4.69) is 0 Å². The van der Waals surface area contributed by atoms with E-state index in [9.17, 15) is 9.59 Å². The summed E-state index contributed by atoms with van der Waals surface area (Å²) in [5.41, 5.74) is 1.86. The Morgan fingerprint density at radius 1 is 0.868 bits per heavy atom. The zero-order valence-electron chi connectivity index (χ0n) is 21.7. The number of furan rings is 1. The Morgan fingerprint density at radius 2 is 1.71 bits per heavy atom. The molecular formula is C29H34N2O7. The van der Waals surface area contributed by atoms with Crippen LogP contribution >= 0.6 is 0 Å². The van der Waals surface area contributed by atoms with Crippen molar-refractivity contribution in [1.29, 1.82) is 0 Å². The maximum absolute atomic E-state index is 13.6. The first-order valence-electron chi connectivity index (χ1n) is 12.8. The van der Waals surface area contributed by atoms with Gasteiger partial charge < -0.3 is 33.2 Å². The van der Waals surface area contributed by atoms with Gasteiger partial charge in [0.1, 0.15) is 12.4 Å². The molecule has 0 saturated heterocycles. The van der Waals surface area contributed by atoms with Crippen molar-refractivity contribution in [2.24, 2.45) is 0 Å². The molecule has 3 aromatic rings. The van der Waals surface area contributed by atoms with Crippen molar-refractivity contribution in [3.63, 3.8) is 0 Å². The van der Waals surface area contributed by atoms with Crippen LogP contribution in [0.25, 0.3) is 0 Å². The summed E-state index contributed by atoms with van der Waals surface area (Å²) in [5.74, 6) is 1.54. The van der Waals surface area contributed by atoms with Crippen LogP contribution in [0.15, 0.2) is 71.3 Å². The normalized spacial score (nSPS) is 11.9. The second-order valence-electron chi connectivity index (χ2n) is 8.86. The van der Waals surface area contributed by atoms with E-state index in [0.717, 1.165) is 11.1 Å². The monoisotopic (exact) mass is 522 g/mol. The number of ether oxygens (including phenoxy) is 4. The van der Waals surface area contributed by atoms with Crippen molar-refractivity contribution < 1.29 is 33.0 Å². The minimum atomic E-state index is -0.244. The molecule has 1 aliphatic heterocycles. The highest BCUT2D eigenvalue weighted by Crippen LogP contribution is 2.33. The minimum Gasteiger partial charge on any atom is -0.467 e. The Balaban J connectivity index is 1.42. The van der Waals surface area contributed by atoms with Gasteiger partial charge in [-0.2, -0.15) is 0 Å². The van der Waals surface area contributed by atoms with Crippen LogP contribution in [0.2, 0.25) is 0 Å². The number of fused-ring (bicyclic) bond motifs is 1. The maximum atomic E-state index is 13.6. The van der Waals surface area contributed by atoms with Crippen LogP contribution in [0, 0.1) is 0 Å². The third-order valence-corrected chi connectivity index (χ3v) is 6.03. The van der Waals surface area contributed by atoms with Crippen molar-refractivity contribution in [3.05, 3.63) is 83.8 Å². The van der Waals surface area contributed by atoms with Gasteiger partial charge in [0.05, 0.1) is 26.0 Å². The molecule has 38 heavy (non-hydrogen) atoms. The number of hydrogen-bond acceptors (Lipinski definition) is 7. The molecule has 0 aliphatic carbocycles. The summed E-state index contributed by atoms with van der Waals surface area (Å²) in [4.78, 5) is 29.9. The molecule has 2 aromatic carbocycles. The van der Waals surface area contributed by atoms with E-state index in [1.165, 1.54) is 0 Å². The van der Waals surface area contributed by atoms with Gasteiger partial charge >= 0.3 is 0 Å². The predicted molar refractivity (Wildman–Crippen MR) is 139 cm³/mol. The van der Waals surface area contributed by atoms with Gasteiger partial charge in [0, 0.05) is 26.3 Å². The van der Waals surface area contributed by atoms with E-state index in [1.807, 2.05) is 61.5 Å². The van der Waals surface area contributed by atoms with E-state index >= 15 is 0 Å². The average Bonchev–Trinajstić information content (AvgIpc) is 3.62. The summed E-state index contributed by atoms with van der Waals surface area (Å²) in [7, 11) is 0. The number of amides is 2. The van der Waals surface area contributed by atoms with E-state index in [1.54, 1.807) is 22.1 Å². The number of hydrogen-bond donors (Lipinski definition) is 0. The standard InChI is InChI=1S/C29H34N2O7/c1-2-34-14-7-13-30(29(33)21-35-20-23-8-4-3-5-9-23)19-28(32)31(18-25-10-6-15-36-25)17-24-11-12-26-27(16-24)38-22-37-26/h3-6,8-12,15-16H,2,7,13-14,17-22H2,1H3. The second kappa shape index (κ2) is 14.2. The molecule has 0 bridgehead atoms. The minimum absolute atomic E-state index is 0.0785. The Bertz CT molecular complexity index is 1150. The van der Waals surface area contributed by atoms with Gasteiger partial charge in [-0.05, 0) is 48.7 Å². The van der Waals surface area contributed by atoms with Gasteiger partial charge in [-0.1, -0.05) is 36.4 Å². The van der Waals surface area contributed by atoms with Crippen LogP contribution in [0.1, 0.15) is 30.2 Å². The molecule has 1 aromatic heterocycles. The molecule has 0 fully saturated rings. The quantitative estimate of drug-likeness (QED) is 0.279. The highest BCUT2D eigenvalue weighted by atomic mass is 16.7. The van der Waals surface area contributed by atoms with Crippen LogP contribution in [0.4, 0.5) is 0 Å². The lowest BCUT2D eigenvalue weighted by Crippen LogP contribution is -2.44. The first-order chi connectivity index (χ1) is 18.6. The predicted octanol–water partition coefficient (Wildman–Crippen LogP) is 4.01. The summed E-state index contributed by atoms with van der Waals surface area (Å²) in [6.45, 7) is 4.31. The third-order valence-electron chi connectivity index (χ3n) is 6.03. The van der Waals surface area contributed by atoms with Gasteiger partial charge in [-0.3, -0.25) is 9.59 Å². The zero-order valence-corrected chi connectivity index (χ0v) is 21.7. The molecule has 2 heterocycles. The second-order valence-corrected chi connectivity index (χ2v) is 8.86. The maximum Gasteiger partial charge on any atom is 0.249 e. The molecule has 0 saturated carbocycles. The van der Waals surface area contributed by atoms with Gasteiger partial charge in [0.15, 0.2) is 11.5 Å². The lowest BCUT2D eigenvalue weighted by Gasteiger charge is -2.27. The van der Waals surface area contributed by atoms with Crippen LogP contribution in [0.3, 0.4) is 0 Å². The largest absolute Gasteiger partial charge is 0.467 e. The van der Waals surface area contributed by atoms with Crippen molar-refractivity contribution in [3.8, 4) is 11.5 Å². The SMILES string of the molecule is CCOCCCN(CC(=O)N(Cc1ccc2c(c1)OCO2)Cc1ccco1)C(=O)COCc1ccccc1. The fraction of sp³-hybridized carbons (Fsp3) is 0.379. The Morgan fingerprint density at radius 3 is 2.50 bits per heavy atom. The lowest BCUT2D eigenvalue weighted by molar-refractivity contribution is -0.144. The number of carbonyl (C=O) groups is 2. The van der Waals surface area contributed by atoms with Crippen LogP contribution in [0.5, 0.6) is 11.5 Å². The van der Waals surface area contributed by atoms with E-state index < -0.39 is 0 Å². The van der Waals surface area contributed by atoms with Gasteiger partial charge in [0.2, 0.25) is 18.6 Å². The topological polar surface area (TPSA) is 90.7 Å².